The van der Waals surface area contributed by atoms with Gasteiger partial charge >= 0.3 is 0 Å². The maximum atomic E-state index is 12.0. The third-order valence-electron chi connectivity index (χ3n) is 2.92. The molecule has 1 atom stereocenters. The number of carbonyl (C=O) groups excluding carboxylic acids is 1. The van der Waals surface area contributed by atoms with Crippen LogP contribution < -0.4 is 5.32 Å². The van der Waals surface area contributed by atoms with Crippen LogP contribution in [-0.2, 0) is 11.2 Å². The lowest BCUT2D eigenvalue weighted by atomic mass is 10.1. The Hall–Kier alpha value is -1.58. The fourth-order valence-corrected chi connectivity index (χ4v) is 2.36. The lowest BCUT2D eigenvalue weighted by Gasteiger charge is -2.16. The second kappa shape index (κ2) is 6.73. The van der Waals surface area contributed by atoms with Gasteiger partial charge < -0.3 is 5.32 Å². The summed E-state index contributed by atoms with van der Waals surface area (Å²) in [6, 6.07) is 8.65. The largest absolute Gasteiger partial charge is 0.349 e. The molecule has 2 aromatic rings. The first kappa shape index (κ1) is 14.8. The van der Waals surface area contributed by atoms with Crippen molar-refractivity contribution in [2.45, 2.75) is 19.4 Å². The van der Waals surface area contributed by atoms with Crippen molar-refractivity contribution >= 4 is 29.1 Å². The molecule has 0 bridgehead atoms. The van der Waals surface area contributed by atoms with Crippen molar-refractivity contribution in [3.63, 3.8) is 0 Å². The molecule has 0 aliphatic carbocycles. The van der Waals surface area contributed by atoms with Gasteiger partial charge in [0.2, 0.25) is 5.91 Å². The molecule has 1 aromatic carbocycles. The molecule has 0 saturated heterocycles. The molecule has 3 nitrogen and oxygen atoms in total. The molecule has 0 aliphatic heterocycles. The summed E-state index contributed by atoms with van der Waals surface area (Å²) in [7, 11) is 0. The second-order valence-electron chi connectivity index (χ2n) is 4.49. The standard InChI is InChI=1S/C15H14Cl2N2O/c1-10(13-9-12(16)2-3-14(13)17)19-15(20)8-11-4-6-18-7-5-11/h2-7,9-10H,8H2,1H3,(H,19,20)/t10-/m0/s1. The minimum Gasteiger partial charge on any atom is -0.349 e. The first-order valence-electron chi connectivity index (χ1n) is 6.19. The van der Waals surface area contributed by atoms with E-state index >= 15 is 0 Å². The molecule has 1 heterocycles. The Balaban J connectivity index is 2.02. The fourth-order valence-electron chi connectivity index (χ4n) is 1.90. The van der Waals surface area contributed by atoms with Crippen LogP contribution in [0.25, 0.3) is 0 Å². The zero-order chi connectivity index (χ0) is 14.5. The molecule has 1 N–H and O–H groups in total. The minimum atomic E-state index is -0.199. The van der Waals surface area contributed by atoms with Gasteiger partial charge in [-0.25, -0.2) is 0 Å². The number of pyridine rings is 1. The molecule has 1 aromatic heterocycles. The minimum absolute atomic E-state index is 0.0697. The Bertz CT molecular complexity index is 602. The van der Waals surface area contributed by atoms with Crippen molar-refractivity contribution in [2.75, 3.05) is 0 Å². The smallest absolute Gasteiger partial charge is 0.224 e. The molecule has 2 rings (SSSR count). The van der Waals surface area contributed by atoms with Crippen LogP contribution >= 0.6 is 23.2 Å². The third-order valence-corrected chi connectivity index (χ3v) is 3.50. The maximum Gasteiger partial charge on any atom is 0.224 e. The van der Waals surface area contributed by atoms with E-state index in [9.17, 15) is 4.79 Å². The number of amides is 1. The van der Waals surface area contributed by atoms with Crippen molar-refractivity contribution in [2.24, 2.45) is 0 Å². The lowest BCUT2D eigenvalue weighted by molar-refractivity contribution is -0.121. The lowest BCUT2D eigenvalue weighted by Crippen LogP contribution is -2.28. The van der Waals surface area contributed by atoms with Gasteiger partial charge in [0.05, 0.1) is 12.5 Å². The van der Waals surface area contributed by atoms with Gasteiger partial charge in [0.25, 0.3) is 0 Å². The van der Waals surface area contributed by atoms with Crippen molar-refractivity contribution in [1.82, 2.24) is 10.3 Å². The predicted molar refractivity (Wildman–Crippen MR) is 81.0 cm³/mol. The summed E-state index contributed by atoms with van der Waals surface area (Å²) in [5.74, 6) is -0.0697. The number of halogens is 2. The van der Waals surface area contributed by atoms with Gasteiger partial charge in [0.15, 0.2) is 0 Å². The predicted octanol–water partition coefficient (Wildman–Crippen LogP) is 3.81. The number of hydrogen-bond acceptors (Lipinski definition) is 2. The molecular formula is C15H14Cl2N2O. The molecule has 0 saturated carbocycles. The van der Waals surface area contributed by atoms with E-state index in [1.165, 1.54) is 0 Å². The Morgan fingerprint density at radius 1 is 1.25 bits per heavy atom. The molecule has 0 radical (unpaired) electrons. The Labute approximate surface area is 127 Å². The van der Waals surface area contributed by atoms with E-state index in [2.05, 4.69) is 10.3 Å². The third kappa shape index (κ3) is 3.95. The van der Waals surface area contributed by atoms with Crippen LogP contribution in [0.2, 0.25) is 10.0 Å². The van der Waals surface area contributed by atoms with Crippen LogP contribution in [0.15, 0.2) is 42.7 Å². The van der Waals surface area contributed by atoms with Gasteiger partial charge in [0, 0.05) is 22.4 Å². The van der Waals surface area contributed by atoms with Crippen molar-refractivity contribution in [3.05, 3.63) is 63.9 Å². The van der Waals surface area contributed by atoms with Gasteiger partial charge in [-0.15, -0.1) is 0 Å². The van der Waals surface area contributed by atoms with Crippen LogP contribution in [-0.4, -0.2) is 10.9 Å². The highest BCUT2D eigenvalue weighted by Crippen LogP contribution is 2.26. The van der Waals surface area contributed by atoms with Crippen LogP contribution in [0.1, 0.15) is 24.1 Å². The molecule has 0 fully saturated rings. The number of rotatable bonds is 4. The molecule has 20 heavy (non-hydrogen) atoms. The molecular weight excluding hydrogens is 295 g/mol. The monoisotopic (exact) mass is 308 g/mol. The molecule has 1 amide bonds. The second-order valence-corrected chi connectivity index (χ2v) is 5.33. The van der Waals surface area contributed by atoms with Gasteiger partial charge in [-0.05, 0) is 48.4 Å². The van der Waals surface area contributed by atoms with Crippen LogP contribution in [0, 0.1) is 0 Å². The Morgan fingerprint density at radius 2 is 1.95 bits per heavy atom. The number of aromatic nitrogens is 1. The quantitative estimate of drug-likeness (QED) is 0.933. The highest BCUT2D eigenvalue weighted by Gasteiger charge is 2.13. The van der Waals surface area contributed by atoms with E-state index in [0.717, 1.165) is 11.1 Å². The molecule has 0 unspecified atom stereocenters. The van der Waals surface area contributed by atoms with Crippen molar-refractivity contribution < 1.29 is 4.79 Å². The zero-order valence-electron chi connectivity index (χ0n) is 10.9. The number of nitrogens with one attached hydrogen (secondary N) is 1. The van der Waals surface area contributed by atoms with Gasteiger partial charge in [-0.3, -0.25) is 9.78 Å². The van der Waals surface area contributed by atoms with E-state index in [4.69, 9.17) is 23.2 Å². The Kier molecular flexibility index (Phi) is 4.99. The summed E-state index contributed by atoms with van der Waals surface area (Å²) in [6.07, 6.45) is 3.64. The zero-order valence-corrected chi connectivity index (χ0v) is 12.4. The topological polar surface area (TPSA) is 42.0 Å². The number of nitrogens with zero attached hydrogens (tertiary/aromatic N) is 1. The molecule has 5 heteroatoms. The van der Waals surface area contributed by atoms with E-state index in [1.807, 2.05) is 19.1 Å². The summed E-state index contributed by atoms with van der Waals surface area (Å²) in [5, 5.41) is 4.10. The summed E-state index contributed by atoms with van der Waals surface area (Å²) < 4.78 is 0. The highest BCUT2D eigenvalue weighted by atomic mass is 35.5. The van der Waals surface area contributed by atoms with Gasteiger partial charge in [-0.2, -0.15) is 0 Å². The number of hydrogen-bond donors (Lipinski definition) is 1. The van der Waals surface area contributed by atoms with E-state index < -0.39 is 0 Å². The van der Waals surface area contributed by atoms with E-state index in [0.29, 0.717) is 16.5 Å². The molecule has 0 aliphatic rings. The summed E-state index contributed by atoms with van der Waals surface area (Å²) >= 11 is 12.1. The maximum absolute atomic E-state index is 12.0. The average Bonchev–Trinajstić information content (AvgIpc) is 2.42. The fraction of sp³-hybridized carbons (Fsp3) is 0.200. The normalized spacial score (nSPS) is 11.9. The summed E-state index contributed by atoms with van der Waals surface area (Å²) in [4.78, 5) is 15.9. The average molecular weight is 309 g/mol. The first-order chi connectivity index (χ1) is 9.56. The molecule has 0 spiro atoms. The number of benzene rings is 1. The molecule has 104 valence electrons. The van der Waals surface area contributed by atoms with Crippen LogP contribution in [0.5, 0.6) is 0 Å². The van der Waals surface area contributed by atoms with Crippen LogP contribution in [0.4, 0.5) is 0 Å². The highest BCUT2D eigenvalue weighted by molar-refractivity contribution is 6.33. The first-order valence-corrected chi connectivity index (χ1v) is 6.95. The Morgan fingerprint density at radius 3 is 2.65 bits per heavy atom. The van der Waals surface area contributed by atoms with Crippen LogP contribution in [0.3, 0.4) is 0 Å². The van der Waals surface area contributed by atoms with E-state index in [-0.39, 0.29) is 11.9 Å². The van der Waals surface area contributed by atoms with E-state index in [1.54, 1.807) is 30.6 Å². The summed E-state index contributed by atoms with van der Waals surface area (Å²) in [5.41, 5.74) is 1.73. The van der Waals surface area contributed by atoms with Gasteiger partial charge in [0.1, 0.15) is 0 Å². The SMILES string of the molecule is C[C@H](NC(=O)Cc1ccncc1)c1cc(Cl)ccc1Cl. The van der Waals surface area contributed by atoms with Gasteiger partial charge in [-0.1, -0.05) is 23.2 Å². The number of carbonyl (C=O) groups is 1. The van der Waals surface area contributed by atoms with Crippen molar-refractivity contribution in [3.8, 4) is 0 Å². The van der Waals surface area contributed by atoms with Crippen molar-refractivity contribution in [1.29, 1.82) is 0 Å². The summed E-state index contributed by atoms with van der Waals surface area (Å²) in [6.45, 7) is 1.88.